The van der Waals surface area contributed by atoms with Gasteiger partial charge in [0.05, 0.1) is 9.92 Å². The Morgan fingerprint density at radius 1 is 1.50 bits per heavy atom. The SMILES string of the molecule is C=C(C)CN(C)S(=O)(=O)c1cc(F)c(Cl)c(CNC)c1. The van der Waals surface area contributed by atoms with Crippen LogP contribution in [0.4, 0.5) is 4.39 Å². The van der Waals surface area contributed by atoms with Gasteiger partial charge in [-0.1, -0.05) is 23.8 Å². The van der Waals surface area contributed by atoms with E-state index >= 15 is 0 Å². The van der Waals surface area contributed by atoms with Gasteiger partial charge in [0, 0.05) is 20.1 Å². The fourth-order valence-electron chi connectivity index (χ4n) is 1.73. The maximum absolute atomic E-state index is 13.8. The summed E-state index contributed by atoms with van der Waals surface area (Å²) in [4.78, 5) is -0.117. The van der Waals surface area contributed by atoms with Crippen LogP contribution < -0.4 is 5.32 Å². The molecule has 0 unspecified atom stereocenters. The first-order valence-corrected chi connectivity index (χ1v) is 7.75. The van der Waals surface area contributed by atoms with Crippen molar-refractivity contribution >= 4 is 21.6 Å². The second-order valence-corrected chi connectivity index (χ2v) is 7.05. The Balaban J connectivity index is 3.28. The van der Waals surface area contributed by atoms with Crippen molar-refractivity contribution in [2.45, 2.75) is 18.4 Å². The standard InChI is InChI=1S/C13H18ClFN2O2S/c1-9(2)8-17(4)20(18,19)11-5-10(7-16-3)13(14)12(15)6-11/h5-6,16H,1,7-8H2,2-4H3. The molecule has 0 amide bonds. The Bertz CT molecular complexity index is 617. The number of likely N-dealkylation sites (N-methyl/N-ethyl adjacent to an activating group) is 1. The minimum Gasteiger partial charge on any atom is -0.316 e. The van der Waals surface area contributed by atoms with E-state index in [1.165, 1.54) is 13.1 Å². The van der Waals surface area contributed by atoms with Crippen LogP contribution in [0, 0.1) is 5.82 Å². The van der Waals surface area contributed by atoms with Crippen LogP contribution in [0.3, 0.4) is 0 Å². The highest BCUT2D eigenvalue weighted by Gasteiger charge is 2.23. The molecule has 0 atom stereocenters. The number of sulfonamides is 1. The molecule has 0 radical (unpaired) electrons. The van der Waals surface area contributed by atoms with E-state index in [0.717, 1.165) is 10.4 Å². The molecule has 20 heavy (non-hydrogen) atoms. The Hall–Kier alpha value is -0.950. The molecule has 0 aliphatic rings. The van der Waals surface area contributed by atoms with Crippen molar-refractivity contribution in [2.75, 3.05) is 20.6 Å². The van der Waals surface area contributed by atoms with Gasteiger partial charge in [-0.15, -0.1) is 0 Å². The van der Waals surface area contributed by atoms with Gasteiger partial charge < -0.3 is 5.32 Å². The van der Waals surface area contributed by atoms with Crippen molar-refractivity contribution in [1.29, 1.82) is 0 Å². The average molecular weight is 321 g/mol. The van der Waals surface area contributed by atoms with Crippen molar-refractivity contribution in [2.24, 2.45) is 0 Å². The van der Waals surface area contributed by atoms with Gasteiger partial charge in [0.15, 0.2) is 0 Å². The summed E-state index contributed by atoms with van der Waals surface area (Å²) in [5.41, 5.74) is 1.09. The molecule has 1 aromatic carbocycles. The van der Waals surface area contributed by atoms with Crippen LogP contribution in [0.1, 0.15) is 12.5 Å². The molecular weight excluding hydrogens is 303 g/mol. The first-order chi connectivity index (χ1) is 9.20. The first-order valence-electron chi connectivity index (χ1n) is 5.93. The number of halogens is 2. The lowest BCUT2D eigenvalue weighted by atomic mass is 10.2. The maximum atomic E-state index is 13.8. The molecule has 0 aliphatic heterocycles. The normalized spacial score (nSPS) is 11.9. The molecule has 0 spiro atoms. The minimum absolute atomic E-state index is 0.0687. The van der Waals surface area contributed by atoms with Crippen LogP contribution in [0.2, 0.25) is 5.02 Å². The van der Waals surface area contributed by atoms with Gasteiger partial charge in [0.1, 0.15) is 5.82 Å². The summed E-state index contributed by atoms with van der Waals surface area (Å²) in [6.45, 7) is 5.85. The summed E-state index contributed by atoms with van der Waals surface area (Å²) in [5.74, 6) is -0.748. The molecular formula is C13H18ClFN2O2S. The third-order valence-corrected chi connectivity index (χ3v) is 4.85. The fourth-order valence-corrected chi connectivity index (χ4v) is 3.20. The third kappa shape index (κ3) is 3.79. The van der Waals surface area contributed by atoms with E-state index in [2.05, 4.69) is 11.9 Å². The quantitative estimate of drug-likeness (QED) is 0.819. The second kappa shape index (κ2) is 6.67. The van der Waals surface area contributed by atoms with Crippen molar-refractivity contribution in [1.82, 2.24) is 9.62 Å². The Labute approximate surface area is 124 Å². The highest BCUT2D eigenvalue weighted by Crippen LogP contribution is 2.26. The molecule has 0 heterocycles. The second-order valence-electron chi connectivity index (χ2n) is 4.63. The summed E-state index contributed by atoms with van der Waals surface area (Å²) in [6, 6.07) is 2.32. The monoisotopic (exact) mass is 320 g/mol. The topological polar surface area (TPSA) is 49.4 Å². The molecule has 0 aliphatic carbocycles. The smallest absolute Gasteiger partial charge is 0.243 e. The van der Waals surface area contributed by atoms with Crippen molar-refractivity contribution in [3.63, 3.8) is 0 Å². The number of nitrogens with zero attached hydrogens (tertiary/aromatic N) is 1. The largest absolute Gasteiger partial charge is 0.316 e. The lowest BCUT2D eigenvalue weighted by molar-refractivity contribution is 0.491. The number of hydrogen-bond donors (Lipinski definition) is 1. The maximum Gasteiger partial charge on any atom is 0.243 e. The van der Waals surface area contributed by atoms with Gasteiger partial charge in [-0.05, 0) is 31.7 Å². The molecule has 4 nitrogen and oxygen atoms in total. The molecule has 112 valence electrons. The predicted octanol–water partition coefficient (Wildman–Crippen LogP) is 2.40. The molecule has 1 aromatic rings. The average Bonchev–Trinajstić information content (AvgIpc) is 2.33. The van der Waals surface area contributed by atoms with Gasteiger partial charge >= 0.3 is 0 Å². The molecule has 7 heteroatoms. The fraction of sp³-hybridized carbons (Fsp3) is 0.385. The number of hydrogen-bond acceptors (Lipinski definition) is 3. The van der Waals surface area contributed by atoms with Crippen LogP contribution in [-0.2, 0) is 16.6 Å². The Morgan fingerprint density at radius 3 is 2.60 bits per heavy atom. The van der Waals surface area contributed by atoms with Gasteiger partial charge in [-0.25, -0.2) is 12.8 Å². The lowest BCUT2D eigenvalue weighted by Gasteiger charge is -2.18. The van der Waals surface area contributed by atoms with Crippen LogP contribution >= 0.6 is 11.6 Å². The van der Waals surface area contributed by atoms with Gasteiger partial charge in [-0.2, -0.15) is 4.31 Å². The van der Waals surface area contributed by atoms with E-state index in [1.54, 1.807) is 14.0 Å². The van der Waals surface area contributed by atoms with E-state index in [9.17, 15) is 12.8 Å². The highest BCUT2D eigenvalue weighted by atomic mass is 35.5. The third-order valence-electron chi connectivity index (χ3n) is 2.65. The highest BCUT2D eigenvalue weighted by molar-refractivity contribution is 7.89. The number of nitrogens with one attached hydrogen (secondary N) is 1. The molecule has 0 bridgehead atoms. The lowest BCUT2D eigenvalue weighted by Crippen LogP contribution is -2.28. The summed E-state index contributed by atoms with van der Waals surface area (Å²) in [5, 5.41) is 2.75. The van der Waals surface area contributed by atoms with Gasteiger partial charge in [-0.3, -0.25) is 0 Å². The van der Waals surface area contributed by atoms with E-state index in [4.69, 9.17) is 11.6 Å². The van der Waals surface area contributed by atoms with Crippen LogP contribution in [0.15, 0.2) is 29.2 Å². The first kappa shape index (κ1) is 17.1. The summed E-state index contributed by atoms with van der Waals surface area (Å²) in [7, 11) is -0.674. The molecule has 0 aromatic heterocycles. The molecule has 1 N–H and O–H groups in total. The van der Waals surface area contributed by atoms with Crippen molar-refractivity contribution in [3.8, 4) is 0 Å². The summed E-state index contributed by atoms with van der Waals surface area (Å²) < 4.78 is 39.6. The molecule has 0 saturated heterocycles. The zero-order valence-electron chi connectivity index (χ0n) is 11.7. The number of rotatable bonds is 6. The van der Waals surface area contributed by atoms with E-state index in [-0.39, 0.29) is 23.0 Å². The molecule has 0 fully saturated rings. The van der Waals surface area contributed by atoms with Crippen molar-refractivity contribution in [3.05, 3.63) is 40.7 Å². The molecule has 1 rings (SSSR count). The summed E-state index contributed by atoms with van der Waals surface area (Å²) >= 11 is 5.82. The zero-order chi connectivity index (χ0) is 15.5. The predicted molar refractivity (Wildman–Crippen MR) is 78.8 cm³/mol. The van der Waals surface area contributed by atoms with Crippen LogP contribution in [-0.4, -0.2) is 33.4 Å². The molecule has 0 saturated carbocycles. The Kier molecular flexibility index (Phi) is 5.70. The zero-order valence-corrected chi connectivity index (χ0v) is 13.3. The van der Waals surface area contributed by atoms with Crippen LogP contribution in [0.25, 0.3) is 0 Å². The van der Waals surface area contributed by atoms with E-state index in [0.29, 0.717) is 11.1 Å². The van der Waals surface area contributed by atoms with E-state index < -0.39 is 15.8 Å². The minimum atomic E-state index is -3.77. The Morgan fingerprint density at radius 2 is 2.10 bits per heavy atom. The van der Waals surface area contributed by atoms with Gasteiger partial charge in [0.2, 0.25) is 10.0 Å². The van der Waals surface area contributed by atoms with Gasteiger partial charge in [0.25, 0.3) is 0 Å². The number of benzene rings is 1. The van der Waals surface area contributed by atoms with Crippen molar-refractivity contribution < 1.29 is 12.8 Å². The van der Waals surface area contributed by atoms with Crippen LogP contribution in [0.5, 0.6) is 0 Å². The summed E-state index contributed by atoms with van der Waals surface area (Å²) in [6.07, 6.45) is 0. The van der Waals surface area contributed by atoms with E-state index in [1.807, 2.05) is 0 Å².